The van der Waals surface area contributed by atoms with Gasteiger partial charge in [-0.25, -0.2) is 0 Å². The Kier molecular flexibility index (Phi) is 4.54. The summed E-state index contributed by atoms with van der Waals surface area (Å²) in [6, 6.07) is 14.8. The standard InChI is InChI=1S/C17H17ClN2S/c1-2-19-15(16-7-8-17(18)21-16)11-12-9-10-20-14-6-4-3-5-13(12)14/h3-10,15,19H,2,11H2,1H3. The van der Waals surface area contributed by atoms with Crippen LogP contribution in [0, 0.1) is 0 Å². The van der Waals surface area contributed by atoms with Crippen molar-refractivity contribution in [2.24, 2.45) is 0 Å². The van der Waals surface area contributed by atoms with Crippen molar-refractivity contribution < 1.29 is 0 Å². The van der Waals surface area contributed by atoms with Crippen molar-refractivity contribution in [3.63, 3.8) is 0 Å². The number of rotatable bonds is 5. The molecule has 1 atom stereocenters. The van der Waals surface area contributed by atoms with Crippen LogP contribution in [-0.2, 0) is 6.42 Å². The molecule has 0 bridgehead atoms. The average molecular weight is 317 g/mol. The summed E-state index contributed by atoms with van der Waals surface area (Å²) in [6.45, 7) is 3.07. The van der Waals surface area contributed by atoms with Crippen LogP contribution in [0.3, 0.4) is 0 Å². The average Bonchev–Trinajstić information content (AvgIpc) is 2.94. The van der Waals surface area contributed by atoms with Crippen molar-refractivity contribution >= 4 is 33.8 Å². The zero-order valence-electron chi connectivity index (χ0n) is 11.8. The molecule has 0 amide bonds. The summed E-state index contributed by atoms with van der Waals surface area (Å²) in [7, 11) is 0. The first-order chi connectivity index (χ1) is 10.3. The second kappa shape index (κ2) is 6.56. The van der Waals surface area contributed by atoms with E-state index in [9.17, 15) is 0 Å². The molecule has 0 spiro atoms. The number of halogens is 1. The lowest BCUT2D eigenvalue weighted by atomic mass is 10.0. The van der Waals surface area contributed by atoms with Crippen molar-refractivity contribution in [1.29, 1.82) is 0 Å². The minimum absolute atomic E-state index is 0.290. The number of thiophene rings is 1. The molecular weight excluding hydrogens is 300 g/mol. The van der Waals surface area contributed by atoms with Gasteiger partial charge >= 0.3 is 0 Å². The Morgan fingerprint density at radius 1 is 1.19 bits per heavy atom. The van der Waals surface area contributed by atoms with Gasteiger partial charge in [0.15, 0.2) is 0 Å². The Bertz CT molecular complexity index is 733. The Labute approximate surface area is 133 Å². The third-order valence-electron chi connectivity index (χ3n) is 3.55. The number of hydrogen-bond acceptors (Lipinski definition) is 3. The van der Waals surface area contributed by atoms with Crippen molar-refractivity contribution in [2.45, 2.75) is 19.4 Å². The normalized spacial score (nSPS) is 12.7. The van der Waals surface area contributed by atoms with Gasteiger partial charge in [0.2, 0.25) is 0 Å². The third-order valence-corrected chi connectivity index (χ3v) is 4.90. The van der Waals surface area contributed by atoms with Gasteiger partial charge in [-0.1, -0.05) is 36.7 Å². The second-order valence-electron chi connectivity index (χ2n) is 4.94. The van der Waals surface area contributed by atoms with Crippen LogP contribution >= 0.6 is 22.9 Å². The van der Waals surface area contributed by atoms with Crippen LogP contribution in [0.25, 0.3) is 10.9 Å². The van der Waals surface area contributed by atoms with Gasteiger partial charge < -0.3 is 5.32 Å². The molecule has 1 unspecified atom stereocenters. The molecule has 3 rings (SSSR count). The molecule has 1 N–H and O–H groups in total. The van der Waals surface area contributed by atoms with Crippen LogP contribution in [0.2, 0.25) is 4.34 Å². The van der Waals surface area contributed by atoms with E-state index in [2.05, 4.69) is 47.6 Å². The molecule has 2 nitrogen and oxygen atoms in total. The number of aromatic nitrogens is 1. The number of nitrogens with zero attached hydrogens (tertiary/aromatic N) is 1. The minimum atomic E-state index is 0.290. The largest absolute Gasteiger partial charge is 0.309 e. The Morgan fingerprint density at radius 2 is 2.05 bits per heavy atom. The Hall–Kier alpha value is -1.42. The molecule has 0 radical (unpaired) electrons. The molecule has 0 fully saturated rings. The van der Waals surface area contributed by atoms with Crippen LogP contribution in [0.15, 0.2) is 48.7 Å². The highest BCUT2D eigenvalue weighted by Crippen LogP contribution is 2.30. The molecular formula is C17H17ClN2S. The van der Waals surface area contributed by atoms with Gasteiger partial charge in [0.25, 0.3) is 0 Å². The molecule has 108 valence electrons. The number of hydrogen-bond donors (Lipinski definition) is 1. The number of likely N-dealkylation sites (N-methyl/N-ethyl adjacent to an activating group) is 1. The van der Waals surface area contributed by atoms with E-state index < -0.39 is 0 Å². The summed E-state index contributed by atoms with van der Waals surface area (Å²) in [5.41, 5.74) is 2.37. The van der Waals surface area contributed by atoms with E-state index in [-0.39, 0.29) is 0 Å². The highest BCUT2D eigenvalue weighted by atomic mass is 35.5. The minimum Gasteiger partial charge on any atom is -0.309 e. The van der Waals surface area contributed by atoms with Crippen LogP contribution in [-0.4, -0.2) is 11.5 Å². The number of fused-ring (bicyclic) bond motifs is 1. The maximum Gasteiger partial charge on any atom is 0.0931 e. The zero-order chi connectivity index (χ0) is 14.7. The number of nitrogens with one attached hydrogen (secondary N) is 1. The van der Waals surface area contributed by atoms with Crippen molar-refractivity contribution in [3.05, 3.63) is 63.4 Å². The lowest BCUT2D eigenvalue weighted by molar-refractivity contribution is 0.559. The van der Waals surface area contributed by atoms with Gasteiger partial charge in [0, 0.05) is 22.5 Å². The van der Waals surface area contributed by atoms with Crippen molar-refractivity contribution in [1.82, 2.24) is 10.3 Å². The first-order valence-corrected chi connectivity index (χ1v) is 8.28. The molecule has 21 heavy (non-hydrogen) atoms. The number of pyridine rings is 1. The molecule has 0 aliphatic rings. The molecule has 0 aliphatic heterocycles. The van der Waals surface area contributed by atoms with Crippen molar-refractivity contribution in [3.8, 4) is 0 Å². The van der Waals surface area contributed by atoms with Gasteiger partial charge in [-0.05, 0) is 42.8 Å². The predicted molar refractivity (Wildman–Crippen MR) is 91.2 cm³/mol. The fourth-order valence-corrected chi connectivity index (χ4v) is 3.72. The monoisotopic (exact) mass is 316 g/mol. The summed E-state index contributed by atoms with van der Waals surface area (Å²) < 4.78 is 0.840. The molecule has 4 heteroatoms. The first-order valence-electron chi connectivity index (χ1n) is 7.09. The van der Waals surface area contributed by atoms with Crippen molar-refractivity contribution in [2.75, 3.05) is 6.54 Å². The lowest BCUT2D eigenvalue weighted by Gasteiger charge is -2.17. The highest BCUT2D eigenvalue weighted by molar-refractivity contribution is 7.16. The van der Waals surface area contributed by atoms with Crippen LogP contribution in [0.5, 0.6) is 0 Å². The molecule has 2 aromatic heterocycles. The Morgan fingerprint density at radius 3 is 2.81 bits per heavy atom. The van der Waals surface area contributed by atoms with E-state index in [0.717, 1.165) is 22.8 Å². The summed E-state index contributed by atoms with van der Waals surface area (Å²) in [6.07, 6.45) is 2.83. The number of benzene rings is 1. The summed E-state index contributed by atoms with van der Waals surface area (Å²) in [4.78, 5) is 5.71. The number of para-hydroxylation sites is 1. The molecule has 0 saturated carbocycles. The van der Waals surface area contributed by atoms with E-state index in [0.29, 0.717) is 6.04 Å². The van der Waals surface area contributed by atoms with E-state index in [1.807, 2.05) is 18.3 Å². The molecule has 2 heterocycles. The predicted octanol–water partition coefficient (Wildman–Crippen LogP) is 4.84. The fraction of sp³-hybridized carbons (Fsp3) is 0.235. The summed E-state index contributed by atoms with van der Waals surface area (Å²) >= 11 is 7.73. The molecule has 3 aromatic rings. The SMILES string of the molecule is CCNC(Cc1ccnc2ccccc12)c1ccc(Cl)s1. The van der Waals surface area contributed by atoms with Gasteiger partial charge in [0.05, 0.1) is 9.85 Å². The first kappa shape index (κ1) is 14.5. The zero-order valence-corrected chi connectivity index (χ0v) is 13.4. The van der Waals surface area contributed by atoms with E-state index in [1.165, 1.54) is 15.8 Å². The second-order valence-corrected chi connectivity index (χ2v) is 6.69. The van der Waals surface area contributed by atoms with E-state index >= 15 is 0 Å². The molecule has 0 aliphatic carbocycles. The van der Waals surface area contributed by atoms with Gasteiger partial charge in [-0.2, -0.15) is 0 Å². The molecule has 0 saturated heterocycles. The fourth-order valence-electron chi connectivity index (χ4n) is 2.59. The summed E-state index contributed by atoms with van der Waals surface area (Å²) in [5, 5.41) is 4.78. The Balaban J connectivity index is 1.94. The van der Waals surface area contributed by atoms with Crippen LogP contribution in [0.4, 0.5) is 0 Å². The molecule has 1 aromatic carbocycles. The van der Waals surface area contributed by atoms with Gasteiger partial charge in [-0.15, -0.1) is 11.3 Å². The lowest BCUT2D eigenvalue weighted by Crippen LogP contribution is -2.22. The smallest absolute Gasteiger partial charge is 0.0931 e. The maximum absolute atomic E-state index is 6.08. The van der Waals surface area contributed by atoms with Crippen LogP contribution in [0.1, 0.15) is 23.4 Å². The maximum atomic E-state index is 6.08. The van der Waals surface area contributed by atoms with Gasteiger partial charge in [0.1, 0.15) is 0 Å². The highest BCUT2D eigenvalue weighted by Gasteiger charge is 2.15. The summed E-state index contributed by atoms with van der Waals surface area (Å²) in [5.74, 6) is 0. The van der Waals surface area contributed by atoms with Gasteiger partial charge in [-0.3, -0.25) is 4.98 Å². The topological polar surface area (TPSA) is 24.9 Å². The van der Waals surface area contributed by atoms with E-state index in [1.54, 1.807) is 11.3 Å². The van der Waals surface area contributed by atoms with Crippen LogP contribution < -0.4 is 5.32 Å². The van der Waals surface area contributed by atoms with E-state index in [4.69, 9.17) is 11.6 Å². The quantitative estimate of drug-likeness (QED) is 0.728. The third kappa shape index (κ3) is 3.26.